The Kier molecular flexibility index (Phi) is 5.10. The molecule has 0 radical (unpaired) electrons. The third-order valence-electron chi connectivity index (χ3n) is 3.14. The summed E-state index contributed by atoms with van der Waals surface area (Å²) in [6.07, 6.45) is 0. The lowest BCUT2D eigenvalue weighted by molar-refractivity contribution is 0.300. The predicted octanol–water partition coefficient (Wildman–Crippen LogP) is 3.16. The van der Waals surface area contributed by atoms with E-state index in [0.717, 1.165) is 11.3 Å². The molecule has 2 aromatic carbocycles. The molecule has 0 aliphatic rings. The first-order chi connectivity index (χ1) is 10.7. The van der Waals surface area contributed by atoms with Gasteiger partial charge in [0.05, 0.1) is 21.3 Å². The number of ether oxygens (including phenoxy) is 4. The molecule has 0 unspecified atom stereocenters. The summed E-state index contributed by atoms with van der Waals surface area (Å²) in [6.45, 7) is 0.379. The molecule has 2 aromatic rings. The van der Waals surface area contributed by atoms with Crippen LogP contribution in [-0.2, 0) is 6.61 Å². The van der Waals surface area contributed by atoms with Gasteiger partial charge in [-0.2, -0.15) is 5.26 Å². The number of nitriles is 1. The number of hydrogen-bond acceptors (Lipinski definition) is 5. The second-order valence-corrected chi connectivity index (χ2v) is 4.45. The van der Waals surface area contributed by atoms with Gasteiger partial charge in [0.2, 0.25) is 0 Å². The van der Waals surface area contributed by atoms with E-state index in [1.54, 1.807) is 19.2 Å². The van der Waals surface area contributed by atoms with Gasteiger partial charge in [-0.05, 0) is 17.7 Å². The Morgan fingerprint density at radius 2 is 1.64 bits per heavy atom. The van der Waals surface area contributed by atoms with Gasteiger partial charge in [0.15, 0.2) is 11.5 Å². The SMILES string of the molecule is COc1ccc(COc2cc(C#N)c(OC)c(OC)c2)cc1. The molecule has 5 heteroatoms. The van der Waals surface area contributed by atoms with Crippen molar-refractivity contribution in [2.24, 2.45) is 0 Å². The van der Waals surface area contributed by atoms with E-state index in [1.807, 2.05) is 24.3 Å². The van der Waals surface area contributed by atoms with Crippen LogP contribution in [0.2, 0.25) is 0 Å². The van der Waals surface area contributed by atoms with Gasteiger partial charge in [0.1, 0.15) is 29.7 Å². The topological polar surface area (TPSA) is 60.7 Å². The first-order valence-electron chi connectivity index (χ1n) is 6.63. The number of rotatable bonds is 6. The van der Waals surface area contributed by atoms with Gasteiger partial charge in [-0.3, -0.25) is 0 Å². The van der Waals surface area contributed by atoms with Crippen molar-refractivity contribution in [2.75, 3.05) is 21.3 Å². The first-order valence-corrected chi connectivity index (χ1v) is 6.63. The van der Waals surface area contributed by atoms with Crippen LogP contribution in [0.1, 0.15) is 11.1 Å². The molecule has 0 aromatic heterocycles. The molecule has 0 bridgehead atoms. The summed E-state index contributed by atoms with van der Waals surface area (Å²) in [4.78, 5) is 0. The molecule has 0 spiro atoms. The highest BCUT2D eigenvalue weighted by molar-refractivity contribution is 5.56. The molecule has 22 heavy (non-hydrogen) atoms. The lowest BCUT2D eigenvalue weighted by atomic mass is 10.2. The minimum atomic E-state index is 0.367. The third-order valence-corrected chi connectivity index (χ3v) is 3.14. The van der Waals surface area contributed by atoms with Crippen molar-refractivity contribution in [3.8, 4) is 29.1 Å². The van der Waals surface area contributed by atoms with Crippen LogP contribution in [-0.4, -0.2) is 21.3 Å². The lowest BCUT2D eigenvalue weighted by Gasteiger charge is -2.12. The molecule has 0 saturated heterocycles. The van der Waals surface area contributed by atoms with Crippen LogP contribution in [0.4, 0.5) is 0 Å². The summed E-state index contributed by atoms with van der Waals surface area (Å²) in [7, 11) is 4.64. The second kappa shape index (κ2) is 7.23. The maximum absolute atomic E-state index is 9.18. The van der Waals surface area contributed by atoms with Crippen molar-refractivity contribution in [3.05, 3.63) is 47.5 Å². The first kappa shape index (κ1) is 15.5. The van der Waals surface area contributed by atoms with E-state index in [9.17, 15) is 5.26 Å². The Morgan fingerprint density at radius 3 is 2.18 bits per heavy atom. The van der Waals surface area contributed by atoms with Crippen LogP contribution in [0, 0.1) is 11.3 Å². The lowest BCUT2D eigenvalue weighted by Crippen LogP contribution is -1.99. The quantitative estimate of drug-likeness (QED) is 0.820. The van der Waals surface area contributed by atoms with Crippen molar-refractivity contribution in [3.63, 3.8) is 0 Å². The van der Waals surface area contributed by atoms with E-state index in [1.165, 1.54) is 14.2 Å². The monoisotopic (exact) mass is 299 g/mol. The third kappa shape index (κ3) is 3.41. The smallest absolute Gasteiger partial charge is 0.178 e. The maximum Gasteiger partial charge on any atom is 0.178 e. The number of hydrogen-bond donors (Lipinski definition) is 0. The fourth-order valence-corrected chi connectivity index (χ4v) is 1.99. The van der Waals surface area contributed by atoms with E-state index in [-0.39, 0.29) is 0 Å². The molecule has 0 N–H and O–H groups in total. The molecule has 2 rings (SSSR count). The summed E-state index contributed by atoms with van der Waals surface area (Å²) in [5, 5.41) is 9.18. The minimum Gasteiger partial charge on any atom is -0.497 e. The summed E-state index contributed by atoms with van der Waals surface area (Å²) in [6, 6.07) is 13.0. The molecule has 0 atom stereocenters. The van der Waals surface area contributed by atoms with Crippen LogP contribution in [0.15, 0.2) is 36.4 Å². The maximum atomic E-state index is 9.18. The van der Waals surface area contributed by atoms with Gasteiger partial charge >= 0.3 is 0 Å². The molecular weight excluding hydrogens is 282 g/mol. The Hall–Kier alpha value is -2.87. The zero-order valence-corrected chi connectivity index (χ0v) is 12.8. The Labute approximate surface area is 129 Å². The Morgan fingerprint density at radius 1 is 0.909 bits per heavy atom. The van der Waals surface area contributed by atoms with Crippen LogP contribution >= 0.6 is 0 Å². The number of methoxy groups -OCH3 is 3. The Balaban J connectivity index is 2.17. The molecule has 0 heterocycles. The molecule has 0 saturated carbocycles. The molecular formula is C17H17NO4. The average Bonchev–Trinajstić information content (AvgIpc) is 2.59. The van der Waals surface area contributed by atoms with Gasteiger partial charge in [-0.25, -0.2) is 0 Å². The normalized spacial score (nSPS) is 9.73. The van der Waals surface area contributed by atoms with Crippen molar-refractivity contribution in [2.45, 2.75) is 6.61 Å². The summed E-state index contributed by atoms with van der Waals surface area (Å²) >= 11 is 0. The number of nitrogens with zero attached hydrogens (tertiary/aromatic N) is 1. The zero-order valence-electron chi connectivity index (χ0n) is 12.8. The summed E-state index contributed by atoms with van der Waals surface area (Å²) in [5.74, 6) is 2.21. The van der Waals surface area contributed by atoms with Crippen molar-refractivity contribution >= 4 is 0 Å². The molecule has 0 aliphatic carbocycles. The zero-order chi connectivity index (χ0) is 15.9. The van der Waals surface area contributed by atoms with Crippen LogP contribution < -0.4 is 18.9 Å². The van der Waals surface area contributed by atoms with E-state index < -0.39 is 0 Å². The van der Waals surface area contributed by atoms with Crippen LogP contribution in [0.5, 0.6) is 23.0 Å². The van der Waals surface area contributed by atoms with Crippen LogP contribution in [0.25, 0.3) is 0 Å². The van der Waals surface area contributed by atoms with E-state index >= 15 is 0 Å². The van der Waals surface area contributed by atoms with Crippen molar-refractivity contribution < 1.29 is 18.9 Å². The van der Waals surface area contributed by atoms with Crippen LogP contribution in [0.3, 0.4) is 0 Å². The molecule has 0 amide bonds. The second-order valence-electron chi connectivity index (χ2n) is 4.45. The highest BCUT2D eigenvalue weighted by Gasteiger charge is 2.13. The van der Waals surface area contributed by atoms with E-state index in [4.69, 9.17) is 18.9 Å². The summed E-state index contributed by atoms with van der Waals surface area (Å²) < 4.78 is 21.2. The minimum absolute atomic E-state index is 0.367. The average molecular weight is 299 g/mol. The molecule has 5 nitrogen and oxygen atoms in total. The van der Waals surface area contributed by atoms with Gasteiger partial charge in [0.25, 0.3) is 0 Å². The molecule has 0 aliphatic heterocycles. The summed E-state index contributed by atoms with van der Waals surface area (Å²) in [5.41, 5.74) is 1.36. The van der Waals surface area contributed by atoms with Crippen molar-refractivity contribution in [1.82, 2.24) is 0 Å². The van der Waals surface area contributed by atoms with Gasteiger partial charge in [0, 0.05) is 12.1 Å². The van der Waals surface area contributed by atoms with Gasteiger partial charge < -0.3 is 18.9 Å². The van der Waals surface area contributed by atoms with E-state index in [2.05, 4.69) is 6.07 Å². The van der Waals surface area contributed by atoms with E-state index in [0.29, 0.717) is 29.4 Å². The van der Waals surface area contributed by atoms with Gasteiger partial charge in [-0.1, -0.05) is 12.1 Å². The fraction of sp³-hybridized carbons (Fsp3) is 0.235. The fourth-order valence-electron chi connectivity index (χ4n) is 1.99. The number of benzene rings is 2. The Bertz CT molecular complexity index is 674. The van der Waals surface area contributed by atoms with Gasteiger partial charge in [-0.15, -0.1) is 0 Å². The van der Waals surface area contributed by atoms with Crippen molar-refractivity contribution in [1.29, 1.82) is 5.26 Å². The molecule has 0 fully saturated rings. The standard InChI is InChI=1S/C17H17NO4/c1-19-14-6-4-12(5-7-14)11-22-15-8-13(10-18)17(21-3)16(9-15)20-2/h4-9H,11H2,1-3H3. The highest BCUT2D eigenvalue weighted by Crippen LogP contribution is 2.35. The highest BCUT2D eigenvalue weighted by atomic mass is 16.5. The largest absolute Gasteiger partial charge is 0.497 e. The predicted molar refractivity (Wildman–Crippen MR) is 81.6 cm³/mol. The molecule has 114 valence electrons.